The van der Waals surface area contributed by atoms with Crippen molar-refractivity contribution in [2.24, 2.45) is 5.92 Å². The first kappa shape index (κ1) is 37.0. The molecular weight excluding hydrogens is 734 g/mol. The first-order valence-corrected chi connectivity index (χ1v) is 20.5. The molecule has 3 N–H and O–H groups in total. The number of carbonyl (C=O) groups is 4. The molecule has 4 fully saturated rings. The molecule has 0 spiro atoms. The van der Waals surface area contributed by atoms with E-state index in [1.54, 1.807) is 26.0 Å². The van der Waals surface area contributed by atoms with Crippen molar-refractivity contribution in [1.82, 2.24) is 35.4 Å². The molecule has 1 unspecified atom stereocenters. The zero-order chi connectivity index (χ0) is 38.7. The van der Waals surface area contributed by atoms with Crippen molar-refractivity contribution in [2.75, 3.05) is 6.54 Å². The summed E-state index contributed by atoms with van der Waals surface area (Å²) in [5.41, 5.74) is -0.801. The van der Waals surface area contributed by atoms with Gasteiger partial charge in [0.25, 0.3) is 11.8 Å². The molecule has 5 aliphatic rings. The van der Waals surface area contributed by atoms with Gasteiger partial charge < -0.3 is 24.8 Å². The molecule has 1 aromatic carbocycles. The Morgan fingerprint density at radius 3 is 2.67 bits per heavy atom. The van der Waals surface area contributed by atoms with Crippen molar-refractivity contribution in [3.8, 4) is 5.88 Å². The Balaban J connectivity index is 1.09. The molecular formula is C38H44FN7O8S. The lowest BCUT2D eigenvalue weighted by atomic mass is 10.0. The van der Waals surface area contributed by atoms with Gasteiger partial charge in [0.1, 0.15) is 40.7 Å². The molecule has 55 heavy (non-hydrogen) atoms. The van der Waals surface area contributed by atoms with Gasteiger partial charge >= 0.3 is 0 Å². The van der Waals surface area contributed by atoms with Gasteiger partial charge in [-0.05, 0) is 77.3 Å². The molecule has 2 aliphatic heterocycles. The lowest BCUT2D eigenvalue weighted by molar-refractivity contribution is -0.141. The van der Waals surface area contributed by atoms with Gasteiger partial charge in [-0.1, -0.05) is 36.2 Å². The van der Waals surface area contributed by atoms with Gasteiger partial charge in [0, 0.05) is 24.3 Å². The highest BCUT2D eigenvalue weighted by molar-refractivity contribution is 7.91. The van der Waals surface area contributed by atoms with Crippen molar-refractivity contribution >= 4 is 44.7 Å². The quantitative estimate of drug-likeness (QED) is 0.283. The Hall–Kier alpha value is -4.93. The summed E-state index contributed by atoms with van der Waals surface area (Å²) in [6.07, 6.45) is 8.84. The SMILES string of the molecule is Cc1nc2cccc(F)c2nc1O[C@@H]1C[C@H]2C(=O)N[C@]3(C(=O)NS(=O)(=O)C4(C)CC4)CC3/C=C\CCCCC[C@H](NC(=O)c3cc(C4CC4)on3)C(=O)N2C1. The number of benzene rings is 1. The maximum absolute atomic E-state index is 14.7. The van der Waals surface area contributed by atoms with Crippen LogP contribution in [0.3, 0.4) is 0 Å². The second-order valence-electron chi connectivity index (χ2n) is 15.8. The number of sulfonamides is 1. The van der Waals surface area contributed by atoms with Crippen LogP contribution in [0.2, 0.25) is 0 Å². The fraction of sp³-hybridized carbons (Fsp3) is 0.553. The summed E-state index contributed by atoms with van der Waals surface area (Å²) >= 11 is 0. The first-order valence-electron chi connectivity index (χ1n) is 19.0. The number of amides is 4. The van der Waals surface area contributed by atoms with E-state index in [0.717, 1.165) is 25.7 Å². The summed E-state index contributed by atoms with van der Waals surface area (Å²) in [6, 6.07) is 3.76. The average molecular weight is 778 g/mol. The van der Waals surface area contributed by atoms with Crippen molar-refractivity contribution in [3.05, 3.63) is 59.4 Å². The van der Waals surface area contributed by atoms with Crippen LogP contribution in [-0.2, 0) is 24.4 Å². The molecule has 4 amide bonds. The molecule has 3 aliphatic carbocycles. The standard InChI is InChI=1S/C38H44FN7O8S/c1-21-34(42-31-25(39)10-8-12-26(31)40-21)53-24-17-29-33(48)43-38(36(50)45-55(51,52)37(2)15-16-37)19-23(38)9-6-4-3-5-7-11-27(35(49)46(29)20-24)41-32(47)28-18-30(54-44-28)22-13-14-22/h6,8-10,12,18,22-24,27,29H,3-5,7,11,13-17,19-20H2,1-2H3,(H,41,47)(H,43,48)(H,45,50)/b9-6-/t23?,24-,27+,29+,38-/m1/s1. The molecule has 4 heterocycles. The Morgan fingerprint density at radius 1 is 1.11 bits per heavy atom. The number of aromatic nitrogens is 3. The molecule has 292 valence electrons. The predicted molar refractivity (Wildman–Crippen MR) is 194 cm³/mol. The third kappa shape index (κ3) is 7.30. The molecule has 17 heteroatoms. The lowest BCUT2D eigenvalue weighted by Gasteiger charge is -2.30. The summed E-state index contributed by atoms with van der Waals surface area (Å²) < 4.78 is 53.8. The predicted octanol–water partition coefficient (Wildman–Crippen LogP) is 3.48. The van der Waals surface area contributed by atoms with Crippen molar-refractivity contribution in [3.63, 3.8) is 0 Å². The van der Waals surface area contributed by atoms with Crippen LogP contribution in [0.5, 0.6) is 5.88 Å². The number of ether oxygens (including phenoxy) is 1. The Kier molecular flexibility index (Phi) is 9.41. The third-order valence-corrected chi connectivity index (χ3v) is 13.7. The minimum Gasteiger partial charge on any atom is -0.471 e. The van der Waals surface area contributed by atoms with E-state index in [9.17, 15) is 32.0 Å². The van der Waals surface area contributed by atoms with Gasteiger partial charge in [0.05, 0.1) is 16.8 Å². The summed E-state index contributed by atoms with van der Waals surface area (Å²) in [5, 5.41) is 9.61. The molecule has 0 bridgehead atoms. The molecule has 1 saturated heterocycles. The normalized spacial score (nSPS) is 28.5. The van der Waals surface area contributed by atoms with E-state index in [4.69, 9.17) is 9.26 Å². The van der Waals surface area contributed by atoms with Crippen LogP contribution in [0.25, 0.3) is 11.0 Å². The van der Waals surface area contributed by atoms with Crippen molar-refractivity contribution in [2.45, 2.75) is 119 Å². The van der Waals surface area contributed by atoms with Crippen molar-refractivity contribution in [1.29, 1.82) is 0 Å². The van der Waals surface area contributed by atoms with Crippen LogP contribution in [0, 0.1) is 18.7 Å². The highest BCUT2D eigenvalue weighted by atomic mass is 32.2. The number of hydrogen-bond acceptors (Lipinski definition) is 11. The fourth-order valence-electron chi connectivity index (χ4n) is 7.52. The number of nitrogens with zero attached hydrogens (tertiary/aromatic N) is 4. The Labute approximate surface area is 317 Å². The van der Waals surface area contributed by atoms with E-state index in [1.165, 1.54) is 17.0 Å². The minimum atomic E-state index is -4.02. The van der Waals surface area contributed by atoms with Crippen LogP contribution < -0.4 is 20.1 Å². The van der Waals surface area contributed by atoms with Crippen molar-refractivity contribution < 1.29 is 41.2 Å². The molecule has 2 aromatic heterocycles. The second-order valence-corrected chi connectivity index (χ2v) is 18.0. The number of allylic oxidation sites excluding steroid dienone is 1. The van der Waals surface area contributed by atoms with Gasteiger partial charge in [-0.3, -0.25) is 23.9 Å². The summed E-state index contributed by atoms with van der Waals surface area (Å²) in [5.74, 6) is -2.83. The molecule has 0 radical (unpaired) electrons. The summed E-state index contributed by atoms with van der Waals surface area (Å²) in [6.45, 7) is 3.12. The molecule has 15 nitrogen and oxygen atoms in total. The van der Waals surface area contributed by atoms with Crippen LogP contribution in [0.4, 0.5) is 4.39 Å². The number of aryl methyl sites for hydroxylation is 1. The Morgan fingerprint density at radius 2 is 1.91 bits per heavy atom. The van der Waals surface area contributed by atoms with Crippen LogP contribution in [0.15, 0.2) is 40.9 Å². The van der Waals surface area contributed by atoms with E-state index < -0.39 is 73.9 Å². The molecule has 3 aromatic rings. The topological polar surface area (TPSA) is 203 Å². The highest BCUT2D eigenvalue weighted by Crippen LogP contribution is 2.47. The van der Waals surface area contributed by atoms with E-state index in [2.05, 4.69) is 30.5 Å². The van der Waals surface area contributed by atoms with E-state index in [0.29, 0.717) is 42.7 Å². The number of rotatable bonds is 8. The number of para-hydroxylation sites is 1. The number of hydrogen-bond donors (Lipinski definition) is 3. The minimum absolute atomic E-state index is 0.000955. The number of halogens is 1. The molecule has 8 rings (SSSR count). The zero-order valence-electron chi connectivity index (χ0n) is 30.7. The summed E-state index contributed by atoms with van der Waals surface area (Å²) in [4.78, 5) is 66.4. The largest absolute Gasteiger partial charge is 0.471 e. The van der Waals surface area contributed by atoms with Gasteiger partial charge in [-0.15, -0.1) is 0 Å². The smallest absolute Gasteiger partial charge is 0.274 e. The fourth-order valence-corrected chi connectivity index (χ4v) is 8.83. The monoisotopic (exact) mass is 777 g/mol. The van der Waals surface area contributed by atoms with Gasteiger partial charge in [-0.25, -0.2) is 22.8 Å². The Bertz CT molecular complexity index is 2200. The van der Waals surface area contributed by atoms with Crippen LogP contribution in [-0.4, -0.2) is 87.1 Å². The van der Waals surface area contributed by atoms with E-state index in [1.807, 2.05) is 12.2 Å². The van der Waals surface area contributed by atoms with Gasteiger partial charge in [0.2, 0.25) is 27.7 Å². The third-order valence-electron chi connectivity index (χ3n) is 11.6. The van der Waals surface area contributed by atoms with Crippen LogP contribution >= 0.6 is 0 Å². The van der Waals surface area contributed by atoms with E-state index >= 15 is 0 Å². The van der Waals surface area contributed by atoms with Gasteiger partial charge in [-0.2, -0.15) is 0 Å². The first-order chi connectivity index (χ1) is 26.3. The zero-order valence-corrected chi connectivity index (χ0v) is 31.5. The maximum atomic E-state index is 14.7. The average Bonchev–Trinajstić information content (AvgIpc) is 4.11. The van der Waals surface area contributed by atoms with Gasteiger partial charge in [0.15, 0.2) is 11.5 Å². The van der Waals surface area contributed by atoms with E-state index in [-0.39, 0.29) is 48.8 Å². The number of nitrogens with one attached hydrogen (secondary N) is 3. The van der Waals surface area contributed by atoms with Crippen LogP contribution in [0.1, 0.15) is 105 Å². The number of carbonyl (C=O) groups excluding carboxylic acids is 4. The second kappa shape index (κ2) is 14.0. The highest BCUT2D eigenvalue weighted by Gasteiger charge is 2.63. The molecule has 5 atom stereocenters. The number of fused-ring (bicyclic) bond motifs is 3. The molecule has 3 saturated carbocycles. The summed E-state index contributed by atoms with van der Waals surface area (Å²) in [7, 11) is -4.02. The maximum Gasteiger partial charge on any atom is 0.274 e. The lowest BCUT2D eigenvalue weighted by Crippen LogP contribution is -2.58.